The van der Waals surface area contributed by atoms with Gasteiger partial charge in [-0.2, -0.15) is 0 Å². The first-order valence-electron chi connectivity index (χ1n) is 7.22. The molecule has 0 aromatic carbocycles. The van der Waals surface area contributed by atoms with Gasteiger partial charge >= 0.3 is 0 Å². The molecule has 0 radical (unpaired) electrons. The average Bonchev–Trinajstić information content (AvgIpc) is 3.10. The van der Waals surface area contributed by atoms with Gasteiger partial charge in [0.1, 0.15) is 0 Å². The monoisotopic (exact) mass is 315 g/mol. The van der Waals surface area contributed by atoms with Gasteiger partial charge in [0.2, 0.25) is 10.0 Å². The Labute approximate surface area is 124 Å². The summed E-state index contributed by atoms with van der Waals surface area (Å²) in [4.78, 5) is 6.74. The number of nitrogens with zero attached hydrogens (tertiary/aromatic N) is 3. The van der Waals surface area contributed by atoms with Crippen LogP contribution in [0.1, 0.15) is 17.8 Å². The molecule has 1 aromatic heterocycles. The third-order valence-electron chi connectivity index (χ3n) is 4.19. The van der Waals surface area contributed by atoms with Crippen LogP contribution in [-0.2, 0) is 16.4 Å². The van der Waals surface area contributed by atoms with E-state index in [-0.39, 0.29) is 0 Å². The van der Waals surface area contributed by atoms with Crippen molar-refractivity contribution in [3.63, 3.8) is 0 Å². The van der Waals surface area contributed by atoms with E-state index < -0.39 is 10.0 Å². The highest BCUT2D eigenvalue weighted by molar-refractivity contribution is 7.89. The second-order valence-corrected chi connectivity index (χ2v) is 8.72. The van der Waals surface area contributed by atoms with E-state index in [0.29, 0.717) is 24.8 Å². The summed E-state index contributed by atoms with van der Waals surface area (Å²) in [5.41, 5.74) is 0. The standard InChI is InChI=1S/C13H21N3O2S2/c17-20(18)9-1-4-16(20)7-6-15-5-2-12(11-15)10-13-14-3-8-19-13/h3,8,12H,1-2,4-7,9-11H2. The molecule has 20 heavy (non-hydrogen) atoms. The molecule has 5 nitrogen and oxygen atoms in total. The molecule has 3 heterocycles. The van der Waals surface area contributed by atoms with E-state index in [4.69, 9.17) is 0 Å². The van der Waals surface area contributed by atoms with Crippen molar-refractivity contribution in [2.75, 3.05) is 38.5 Å². The normalized spacial score (nSPS) is 27.3. The Morgan fingerprint density at radius 1 is 1.35 bits per heavy atom. The summed E-state index contributed by atoms with van der Waals surface area (Å²) in [6, 6.07) is 0. The maximum atomic E-state index is 11.7. The first kappa shape index (κ1) is 14.4. The van der Waals surface area contributed by atoms with Crippen LogP contribution >= 0.6 is 11.3 Å². The number of likely N-dealkylation sites (tertiary alicyclic amines) is 1. The van der Waals surface area contributed by atoms with Crippen LogP contribution in [0.15, 0.2) is 11.6 Å². The second-order valence-electron chi connectivity index (χ2n) is 5.65. The largest absolute Gasteiger partial charge is 0.302 e. The first-order chi connectivity index (χ1) is 9.63. The quantitative estimate of drug-likeness (QED) is 0.815. The zero-order valence-electron chi connectivity index (χ0n) is 11.6. The Balaban J connectivity index is 1.44. The van der Waals surface area contributed by atoms with Crippen molar-refractivity contribution < 1.29 is 8.42 Å². The summed E-state index contributed by atoms with van der Waals surface area (Å²) in [6.07, 6.45) is 4.92. The van der Waals surface area contributed by atoms with Gasteiger partial charge in [0.25, 0.3) is 0 Å². The minimum atomic E-state index is -2.93. The Hall–Kier alpha value is -0.500. The molecule has 1 atom stereocenters. The van der Waals surface area contributed by atoms with Crippen molar-refractivity contribution in [1.82, 2.24) is 14.2 Å². The number of hydrogen-bond acceptors (Lipinski definition) is 5. The van der Waals surface area contributed by atoms with Crippen molar-refractivity contribution in [2.45, 2.75) is 19.3 Å². The zero-order chi connectivity index (χ0) is 14.0. The highest BCUT2D eigenvalue weighted by Crippen LogP contribution is 2.22. The average molecular weight is 315 g/mol. The lowest BCUT2D eigenvalue weighted by Gasteiger charge is -2.20. The second kappa shape index (κ2) is 6.09. The first-order valence-corrected chi connectivity index (χ1v) is 9.71. The number of sulfonamides is 1. The van der Waals surface area contributed by atoms with Gasteiger partial charge in [-0.05, 0) is 25.3 Å². The Morgan fingerprint density at radius 2 is 2.25 bits per heavy atom. The lowest BCUT2D eigenvalue weighted by atomic mass is 10.1. The molecule has 7 heteroatoms. The topological polar surface area (TPSA) is 53.5 Å². The highest BCUT2D eigenvalue weighted by atomic mass is 32.2. The summed E-state index contributed by atoms with van der Waals surface area (Å²) in [7, 11) is -2.93. The fraction of sp³-hybridized carbons (Fsp3) is 0.769. The van der Waals surface area contributed by atoms with Crippen LogP contribution in [0.4, 0.5) is 0 Å². The SMILES string of the molecule is O=S1(=O)CCCN1CCN1CCC(Cc2nccs2)C1. The number of rotatable bonds is 5. The Morgan fingerprint density at radius 3 is 2.95 bits per heavy atom. The van der Waals surface area contributed by atoms with Crippen LogP contribution < -0.4 is 0 Å². The lowest BCUT2D eigenvalue weighted by Crippen LogP contribution is -2.35. The van der Waals surface area contributed by atoms with Crippen LogP contribution in [0.3, 0.4) is 0 Å². The zero-order valence-corrected chi connectivity index (χ0v) is 13.2. The van der Waals surface area contributed by atoms with Gasteiger partial charge in [-0.1, -0.05) is 0 Å². The van der Waals surface area contributed by atoms with Crippen LogP contribution in [0.2, 0.25) is 0 Å². The molecule has 1 unspecified atom stereocenters. The molecule has 2 aliphatic heterocycles. The molecule has 2 fully saturated rings. The summed E-state index contributed by atoms with van der Waals surface area (Å²) in [5, 5.41) is 3.25. The fourth-order valence-electron chi connectivity index (χ4n) is 3.08. The predicted octanol–water partition coefficient (Wildman–Crippen LogP) is 1.04. The molecule has 3 rings (SSSR count). The molecule has 0 bridgehead atoms. The molecule has 1 aromatic rings. The molecule has 0 aliphatic carbocycles. The summed E-state index contributed by atoms with van der Waals surface area (Å²) < 4.78 is 25.1. The van der Waals surface area contributed by atoms with E-state index >= 15 is 0 Å². The summed E-state index contributed by atoms with van der Waals surface area (Å²) >= 11 is 1.73. The van der Waals surface area contributed by atoms with Gasteiger partial charge in [0.05, 0.1) is 10.8 Å². The molecule has 2 saturated heterocycles. The van der Waals surface area contributed by atoms with Crippen LogP contribution in [-0.4, -0.2) is 61.1 Å². The van der Waals surface area contributed by atoms with E-state index in [2.05, 4.69) is 9.88 Å². The van der Waals surface area contributed by atoms with Gasteiger partial charge in [-0.15, -0.1) is 11.3 Å². The van der Waals surface area contributed by atoms with Gasteiger partial charge in [0, 0.05) is 44.2 Å². The number of hydrogen-bond donors (Lipinski definition) is 0. The number of thiazole rings is 1. The van der Waals surface area contributed by atoms with Crippen molar-refractivity contribution in [3.8, 4) is 0 Å². The molecule has 112 valence electrons. The predicted molar refractivity (Wildman–Crippen MR) is 80.3 cm³/mol. The molecule has 0 saturated carbocycles. The maximum absolute atomic E-state index is 11.7. The van der Waals surface area contributed by atoms with Crippen molar-refractivity contribution >= 4 is 21.4 Å². The number of aromatic nitrogens is 1. The molecular formula is C13H21N3O2S2. The molecule has 0 spiro atoms. The van der Waals surface area contributed by atoms with Gasteiger partial charge in [-0.25, -0.2) is 17.7 Å². The van der Waals surface area contributed by atoms with E-state index in [1.165, 1.54) is 11.4 Å². The summed E-state index contributed by atoms with van der Waals surface area (Å²) in [5.74, 6) is 1.01. The molecule has 0 amide bonds. The minimum absolute atomic E-state index is 0.333. The molecule has 0 N–H and O–H groups in total. The van der Waals surface area contributed by atoms with E-state index in [9.17, 15) is 8.42 Å². The van der Waals surface area contributed by atoms with Crippen LogP contribution in [0.5, 0.6) is 0 Å². The fourth-order valence-corrected chi connectivity index (χ4v) is 5.33. The third kappa shape index (κ3) is 3.39. The van der Waals surface area contributed by atoms with Crippen molar-refractivity contribution in [3.05, 3.63) is 16.6 Å². The third-order valence-corrected chi connectivity index (χ3v) is 6.94. The van der Waals surface area contributed by atoms with Crippen LogP contribution in [0.25, 0.3) is 0 Å². The lowest BCUT2D eigenvalue weighted by molar-refractivity contribution is 0.292. The Kier molecular flexibility index (Phi) is 4.40. The van der Waals surface area contributed by atoms with Gasteiger partial charge < -0.3 is 4.90 Å². The van der Waals surface area contributed by atoms with E-state index in [0.717, 1.165) is 32.5 Å². The smallest absolute Gasteiger partial charge is 0.214 e. The maximum Gasteiger partial charge on any atom is 0.214 e. The molecule has 2 aliphatic rings. The molecular weight excluding hydrogens is 294 g/mol. The van der Waals surface area contributed by atoms with Crippen molar-refractivity contribution in [1.29, 1.82) is 0 Å². The summed E-state index contributed by atoms with van der Waals surface area (Å²) in [6.45, 7) is 4.40. The highest BCUT2D eigenvalue weighted by Gasteiger charge is 2.29. The van der Waals surface area contributed by atoms with E-state index in [1.54, 1.807) is 15.6 Å². The van der Waals surface area contributed by atoms with Crippen molar-refractivity contribution in [2.24, 2.45) is 5.92 Å². The minimum Gasteiger partial charge on any atom is -0.302 e. The van der Waals surface area contributed by atoms with Crippen LogP contribution in [0, 0.1) is 5.92 Å². The Bertz CT molecular complexity index is 530. The van der Waals surface area contributed by atoms with Gasteiger partial charge in [0.15, 0.2) is 0 Å². The van der Waals surface area contributed by atoms with E-state index in [1.807, 2.05) is 11.6 Å². The van der Waals surface area contributed by atoms with Gasteiger partial charge in [-0.3, -0.25) is 0 Å².